The van der Waals surface area contributed by atoms with Gasteiger partial charge < -0.3 is 14.9 Å². The molecule has 0 spiro atoms. The number of aromatic nitrogens is 1. The predicted molar refractivity (Wildman–Crippen MR) is 52.2 cm³/mol. The van der Waals surface area contributed by atoms with Crippen molar-refractivity contribution in [3.05, 3.63) is 23.5 Å². The number of ether oxygens (including phenoxy) is 1. The van der Waals surface area contributed by atoms with Crippen LogP contribution in [0.15, 0.2) is 12.1 Å². The van der Waals surface area contributed by atoms with Crippen LogP contribution in [-0.4, -0.2) is 28.3 Å². The lowest BCUT2D eigenvalue weighted by atomic mass is 10.2. The summed E-state index contributed by atoms with van der Waals surface area (Å²) in [5, 5.41) is 18.1. The van der Waals surface area contributed by atoms with E-state index in [2.05, 4.69) is 9.72 Å². The summed E-state index contributed by atoms with van der Waals surface area (Å²) in [6.07, 6.45) is 0.666. The summed E-state index contributed by atoms with van der Waals surface area (Å²) in [6, 6.07) is 3.06. The quantitative estimate of drug-likeness (QED) is 0.704. The molecule has 82 valence electrons. The van der Waals surface area contributed by atoms with Crippen molar-refractivity contribution >= 4 is 5.97 Å². The third kappa shape index (κ3) is 3.21. The Bertz CT molecular complexity index is 351. The Balaban J connectivity index is 2.66. The number of methoxy groups -OCH3 is 1. The molecular weight excluding hydrogens is 198 g/mol. The van der Waals surface area contributed by atoms with E-state index in [1.165, 1.54) is 13.2 Å². The molecule has 1 heterocycles. The van der Waals surface area contributed by atoms with Gasteiger partial charge in [0.15, 0.2) is 0 Å². The van der Waals surface area contributed by atoms with Gasteiger partial charge in [0.25, 0.3) is 0 Å². The van der Waals surface area contributed by atoms with Crippen molar-refractivity contribution in [1.29, 1.82) is 0 Å². The number of pyridine rings is 1. The second-order valence-electron chi connectivity index (χ2n) is 3.00. The molecule has 2 N–H and O–H groups in total. The summed E-state index contributed by atoms with van der Waals surface area (Å²) in [6.45, 7) is -0.322. The number of aliphatic hydroxyl groups is 1. The maximum atomic E-state index is 10.9. The van der Waals surface area contributed by atoms with Crippen LogP contribution in [0.3, 0.4) is 0 Å². The first kappa shape index (κ1) is 11.5. The summed E-state index contributed by atoms with van der Waals surface area (Å²) in [4.78, 5) is 14.8. The van der Waals surface area contributed by atoms with Gasteiger partial charge in [-0.15, -0.1) is 0 Å². The standard InChI is InChI=1S/C10H13NO4/c1-15-10(14)5-3-7-2-4-9(13)8(6-12)11-7/h2,4,12-13H,3,5-6H2,1H3. The molecule has 0 unspecified atom stereocenters. The second kappa shape index (κ2) is 5.31. The fourth-order valence-electron chi connectivity index (χ4n) is 1.13. The Morgan fingerprint density at radius 3 is 2.87 bits per heavy atom. The number of carbonyl (C=O) groups excluding carboxylic acids is 1. The van der Waals surface area contributed by atoms with E-state index in [9.17, 15) is 9.90 Å². The molecule has 1 aromatic heterocycles. The maximum absolute atomic E-state index is 10.9. The topological polar surface area (TPSA) is 79.7 Å². The molecule has 0 aliphatic heterocycles. The van der Waals surface area contributed by atoms with Crippen LogP contribution in [0.25, 0.3) is 0 Å². The van der Waals surface area contributed by atoms with E-state index in [1.54, 1.807) is 6.07 Å². The molecular formula is C10H13NO4. The van der Waals surface area contributed by atoms with Crippen molar-refractivity contribution in [1.82, 2.24) is 4.98 Å². The average Bonchev–Trinajstić information content (AvgIpc) is 2.27. The normalized spacial score (nSPS) is 10.0. The summed E-state index contributed by atoms with van der Waals surface area (Å²) in [5.74, 6) is -0.352. The molecule has 0 saturated heterocycles. The number of rotatable bonds is 4. The number of aryl methyl sites for hydroxylation is 1. The number of aromatic hydroxyl groups is 1. The summed E-state index contributed by atoms with van der Waals surface area (Å²) in [5.41, 5.74) is 0.861. The van der Waals surface area contributed by atoms with Crippen LogP contribution in [0.2, 0.25) is 0 Å². The molecule has 15 heavy (non-hydrogen) atoms. The lowest BCUT2D eigenvalue weighted by molar-refractivity contribution is -0.140. The minimum atomic E-state index is -0.322. The molecule has 0 aliphatic carbocycles. The van der Waals surface area contributed by atoms with Crippen molar-refractivity contribution in [2.75, 3.05) is 7.11 Å². The number of esters is 1. The van der Waals surface area contributed by atoms with Gasteiger partial charge in [0.1, 0.15) is 11.4 Å². The lowest BCUT2D eigenvalue weighted by Gasteiger charge is -2.04. The van der Waals surface area contributed by atoms with E-state index in [0.717, 1.165) is 0 Å². The minimum absolute atomic E-state index is 0.0423. The highest BCUT2D eigenvalue weighted by molar-refractivity contribution is 5.69. The Kier molecular flexibility index (Phi) is 4.05. The molecule has 5 nitrogen and oxygen atoms in total. The van der Waals surface area contributed by atoms with E-state index in [0.29, 0.717) is 12.1 Å². The molecule has 0 amide bonds. The molecule has 0 bridgehead atoms. The Labute approximate surface area is 87.3 Å². The molecule has 0 saturated carbocycles. The van der Waals surface area contributed by atoms with Crippen LogP contribution in [0, 0.1) is 0 Å². The van der Waals surface area contributed by atoms with Crippen LogP contribution in [0.1, 0.15) is 17.8 Å². The first-order chi connectivity index (χ1) is 7.17. The maximum Gasteiger partial charge on any atom is 0.305 e. The van der Waals surface area contributed by atoms with Crippen LogP contribution in [0.5, 0.6) is 5.75 Å². The first-order valence-electron chi connectivity index (χ1n) is 4.52. The van der Waals surface area contributed by atoms with E-state index in [1.807, 2.05) is 0 Å². The number of hydrogen-bond donors (Lipinski definition) is 2. The zero-order chi connectivity index (χ0) is 11.3. The van der Waals surface area contributed by atoms with E-state index >= 15 is 0 Å². The molecule has 0 aliphatic rings. The number of aliphatic hydroxyl groups excluding tert-OH is 1. The fourth-order valence-corrected chi connectivity index (χ4v) is 1.13. The van der Waals surface area contributed by atoms with Gasteiger partial charge >= 0.3 is 5.97 Å². The van der Waals surface area contributed by atoms with Gasteiger partial charge in [0.05, 0.1) is 20.1 Å². The first-order valence-corrected chi connectivity index (χ1v) is 4.52. The highest BCUT2D eigenvalue weighted by Gasteiger charge is 2.06. The average molecular weight is 211 g/mol. The van der Waals surface area contributed by atoms with Crippen molar-refractivity contribution in [2.45, 2.75) is 19.4 Å². The predicted octanol–water partition coefficient (Wildman–Crippen LogP) is 0.385. The molecule has 0 radical (unpaired) electrons. The van der Waals surface area contributed by atoms with Crippen LogP contribution < -0.4 is 0 Å². The van der Waals surface area contributed by atoms with Crippen molar-refractivity contribution < 1.29 is 19.7 Å². The van der Waals surface area contributed by atoms with Gasteiger partial charge in [-0.3, -0.25) is 9.78 Å². The van der Waals surface area contributed by atoms with Crippen molar-refractivity contribution in [2.24, 2.45) is 0 Å². The third-order valence-corrected chi connectivity index (χ3v) is 1.97. The van der Waals surface area contributed by atoms with E-state index < -0.39 is 0 Å². The van der Waals surface area contributed by atoms with Crippen LogP contribution in [-0.2, 0) is 22.6 Å². The lowest BCUT2D eigenvalue weighted by Crippen LogP contribution is -2.04. The van der Waals surface area contributed by atoms with Gasteiger partial charge in [-0.1, -0.05) is 0 Å². The molecule has 1 aromatic rings. The molecule has 5 heteroatoms. The largest absolute Gasteiger partial charge is 0.506 e. The smallest absolute Gasteiger partial charge is 0.305 e. The van der Waals surface area contributed by atoms with E-state index in [4.69, 9.17) is 5.11 Å². The summed E-state index contributed by atoms with van der Waals surface area (Å²) < 4.78 is 4.49. The zero-order valence-electron chi connectivity index (χ0n) is 8.43. The fraction of sp³-hybridized carbons (Fsp3) is 0.400. The molecule has 0 atom stereocenters. The van der Waals surface area contributed by atoms with E-state index in [-0.39, 0.29) is 30.4 Å². The van der Waals surface area contributed by atoms with Crippen LogP contribution in [0.4, 0.5) is 0 Å². The Morgan fingerprint density at radius 2 is 2.27 bits per heavy atom. The monoisotopic (exact) mass is 211 g/mol. The highest BCUT2D eigenvalue weighted by Crippen LogP contribution is 2.15. The molecule has 0 fully saturated rings. The third-order valence-electron chi connectivity index (χ3n) is 1.97. The number of nitrogens with zero attached hydrogens (tertiary/aromatic N) is 1. The number of carbonyl (C=O) groups is 1. The van der Waals surface area contributed by atoms with Crippen molar-refractivity contribution in [3.63, 3.8) is 0 Å². The van der Waals surface area contributed by atoms with Crippen molar-refractivity contribution in [3.8, 4) is 5.75 Å². The molecule has 1 rings (SSSR count). The van der Waals surface area contributed by atoms with Gasteiger partial charge in [-0.2, -0.15) is 0 Å². The summed E-state index contributed by atoms with van der Waals surface area (Å²) >= 11 is 0. The molecule has 0 aromatic carbocycles. The Hall–Kier alpha value is -1.62. The van der Waals surface area contributed by atoms with Crippen LogP contribution >= 0.6 is 0 Å². The highest BCUT2D eigenvalue weighted by atomic mass is 16.5. The van der Waals surface area contributed by atoms with Gasteiger partial charge in [-0.05, 0) is 12.1 Å². The van der Waals surface area contributed by atoms with Gasteiger partial charge in [0, 0.05) is 12.1 Å². The zero-order valence-corrected chi connectivity index (χ0v) is 8.43. The Morgan fingerprint density at radius 1 is 1.53 bits per heavy atom. The number of hydrogen-bond acceptors (Lipinski definition) is 5. The second-order valence-corrected chi connectivity index (χ2v) is 3.00. The van der Waals surface area contributed by atoms with Gasteiger partial charge in [0.2, 0.25) is 0 Å². The summed E-state index contributed by atoms with van der Waals surface area (Å²) in [7, 11) is 1.33. The minimum Gasteiger partial charge on any atom is -0.506 e. The van der Waals surface area contributed by atoms with Gasteiger partial charge in [-0.25, -0.2) is 0 Å². The SMILES string of the molecule is COC(=O)CCc1ccc(O)c(CO)n1.